The molecule has 0 bridgehead atoms. The van der Waals surface area contributed by atoms with Crippen molar-refractivity contribution in [3.05, 3.63) is 53.9 Å². The van der Waals surface area contributed by atoms with Gasteiger partial charge in [0.15, 0.2) is 5.84 Å². The topological polar surface area (TPSA) is 92.8 Å². The largest absolute Gasteiger partial charge is 0.494 e. The standard InChI is InChI=1S/C15H18N4O2/c1-2-21-13-7-5-12(6-8-13)18-10-11-4-3-9-17-14(11)15(16)19-20/h3-9,18,20H,2,10H2,1H3,(H2,16,19). The van der Waals surface area contributed by atoms with E-state index in [1.54, 1.807) is 6.20 Å². The molecule has 1 aromatic carbocycles. The number of nitrogens with two attached hydrogens (primary N) is 1. The minimum absolute atomic E-state index is 0.000839. The molecule has 0 radical (unpaired) electrons. The molecule has 6 nitrogen and oxygen atoms in total. The molecular weight excluding hydrogens is 268 g/mol. The Bertz CT molecular complexity index is 611. The fourth-order valence-corrected chi connectivity index (χ4v) is 1.89. The maximum Gasteiger partial charge on any atom is 0.189 e. The third-order valence-electron chi connectivity index (χ3n) is 2.89. The van der Waals surface area contributed by atoms with Crippen LogP contribution < -0.4 is 15.8 Å². The normalized spacial score (nSPS) is 11.2. The molecule has 0 unspecified atom stereocenters. The van der Waals surface area contributed by atoms with Crippen LogP contribution in [0.3, 0.4) is 0 Å². The zero-order chi connectivity index (χ0) is 15.1. The van der Waals surface area contributed by atoms with Crippen molar-refractivity contribution in [1.82, 2.24) is 4.98 Å². The lowest BCUT2D eigenvalue weighted by Crippen LogP contribution is -2.18. The van der Waals surface area contributed by atoms with Crippen LogP contribution in [0.15, 0.2) is 47.8 Å². The number of anilines is 1. The van der Waals surface area contributed by atoms with Crippen LogP contribution in [0.4, 0.5) is 5.69 Å². The lowest BCUT2D eigenvalue weighted by atomic mass is 10.1. The van der Waals surface area contributed by atoms with E-state index in [9.17, 15) is 0 Å². The monoisotopic (exact) mass is 286 g/mol. The summed E-state index contributed by atoms with van der Waals surface area (Å²) in [5, 5.41) is 15.0. The van der Waals surface area contributed by atoms with Crippen molar-refractivity contribution in [2.24, 2.45) is 10.9 Å². The first-order valence-corrected chi connectivity index (χ1v) is 6.63. The molecule has 0 fully saturated rings. The summed E-state index contributed by atoms with van der Waals surface area (Å²) in [6.07, 6.45) is 1.60. The SMILES string of the molecule is CCOc1ccc(NCc2cccnc2C(N)=NO)cc1. The minimum atomic E-state index is -0.000839. The molecule has 0 saturated heterocycles. The van der Waals surface area contributed by atoms with Gasteiger partial charge in [-0.05, 0) is 37.3 Å². The molecule has 0 aliphatic rings. The molecule has 1 heterocycles. The lowest BCUT2D eigenvalue weighted by Gasteiger charge is -2.10. The number of nitrogens with zero attached hydrogens (tertiary/aromatic N) is 2. The minimum Gasteiger partial charge on any atom is -0.494 e. The third kappa shape index (κ3) is 3.85. The molecule has 2 rings (SSSR count). The van der Waals surface area contributed by atoms with Crippen LogP contribution >= 0.6 is 0 Å². The highest BCUT2D eigenvalue weighted by Gasteiger charge is 2.07. The molecule has 2 aromatic rings. The zero-order valence-corrected chi connectivity index (χ0v) is 11.8. The number of rotatable bonds is 6. The van der Waals surface area contributed by atoms with Gasteiger partial charge in [-0.2, -0.15) is 0 Å². The first-order chi connectivity index (χ1) is 10.2. The molecule has 0 atom stereocenters. The van der Waals surface area contributed by atoms with Gasteiger partial charge in [-0.1, -0.05) is 11.2 Å². The van der Waals surface area contributed by atoms with Gasteiger partial charge in [0.05, 0.1) is 6.61 Å². The number of amidine groups is 1. The Kier molecular flexibility index (Phi) is 4.98. The summed E-state index contributed by atoms with van der Waals surface area (Å²) >= 11 is 0. The summed E-state index contributed by atoms with van der Waals surface area (Å²) in [7, 11) is 0. The molecule has 0 amide bonds. The van der Waals surface area contributed by atoms with Crippen LogP contribution in [-0.2, 0) is 6.54 Å². The van der Waals surface area contributed by atoms with E-state index in [-0.39, 0.29) is 5.84 Å². The van der Waals surface area contributed by atoms with E-state index in [1.165, 1.54) is 0 Å². The van der Waals surface area contributed by atoms with Gasteiger partial charge in [0.1, 0.15) is 11.4 Å². The molecule has 110 valence electrons. The van der Waals surface area contributed by atoms with Crippen molar-refractivity contribution in [1.29, 1.82) is 0 Å². The van der Waals surface area contributed by atoms with Crippen LogP contribution in [0.25, 0.3) is 0 Å². The highest BCUT2D eigenvalue weighted by Crippen LogP contribution is 2.17. The van der Waals surface area contributed by atoms with Crippen molar-refractivity contribution >= 4 is 11.5 Å². The first kappa shape index (κ1) is 14.6. The fourth-order valence-electron chi connectivity index (χ4n) is 1.89. The van der Waals surface area contributed by atoms with E-state index in [2.05, 4.69) is 15.5 Å². The van der Waals surface area contributed by atoms with Gasteiger partial charge in [-0.3, -0.25) is 4.98 Å². The molecule has 4 N–H and O–H groups in total. The predicted octanol–water partition coefficient (Wildman–Crippen LogP) is 2.19. The molecule has 21 heavy (non-hydrogen) atoms. The quantitative estimate of drug-likeness (QED) is 0.327. The number of nitrogens with one attached hydrogen (secondary N) is 1. The van der Waals surface area contributed by atoms with E-state index >= 15 is 0 Å². The van der Waals surface area contributed by atoms with E-state index in [0.29, 0.717) is 18.8 Å². The summed E-state index contributed by atoms with van der Waals surface area (Å²) in [5.41, 5.74) is 7.88. The average Bonchev–Trinajstić information content (AvgIpc) is 2.54. The van der Waals surface area contributed by atoms with Gasteiger partial charge in [-0.15, -0.1) is 0 Å². The average molecular weight is 286 g/mol. The Morgan fingerprint density at radius 1 is 1.33 bits per heavy atom. The van der Waals surface area contributed by atoms with Crippen molar-refractivity contribution in [2.75, 3.05) is 11.9 Å². The summed E-state index contributed by atoms with van der Waals surface area (Å²) < 4.78 is 5.39. The number of aromatic nitrogens is 1. The van der Waals surface area contributed by atoms with E-state index in [4.69, 9.17) is 15.7 Å². The maximum absolute atomic E-state index is 8.77. The number of pyridine rings is 1. The first-order valence-electron chi connectivity index (χ1n) is 6.63. The van der Waals surface area contributed by atoms with Crippen LogP contribution in [0.2, 0.25) is 0 Å². The second kappa shape index (κ2) is 7.14. The van der Waals surface area contributed by atoms with E-state index in [0.717, 1.165) is 17.0 Å². The molecule has 1 aromatic heterocycles. The highest BCUT2D eigenvalue weighted by atomic mass is 16.5. The number of ether oxygens (including phenoxy) is 1. The fraction of sp³-hybridized carbons (Fsp3) is 0.200. The van der Waals surface area contributed by atoms with Crippen LogP contribution in [0.5, 0.6) is 5.75 Å². The van der Waals surface area contributed by atoms with Crippen molar-refractivity contribution in [3.63, 3.8) is 0 Å². The third-order valence-corrected chi connectivity index (χ3v) is 2.89. The molecule has 0 aliphatic heterocycles. The van der Waals surface area contributed by atoms with Crippen LogP contribution in [0, 0.1) is 0 Å². The van der Waals surface area contributed by atoms with Crippen molar-refractivity contribution in [3.8, 4) is 5.75 Å². The Labute approximate surface area is 123 Å². The zero-order valence-electron chi connectivity index (χ0n) is 11.8. The van der Waals surface area contributed by atoms with Crippen molar-refractivity contribution in [2.45, 2.75) is 13.5 Å². The van der Waals surface area contributed by atoms with Gasteiger partial charge >= 0.3 is 0 Å². The number of hydrogen-bond acceptors (Lipinski definition) is 5. The Morgan fingerprint density at radius 3 is 2.76 bits per heavy atom. The number of benzene rings is 1. The molecule has 6 heteroatoms. The van der Waals surface area contributed by atoms with Gasteiger partial charge in [0.25, 0.3) is 0 Å². The smallest absolute Gasteiger partial charge is 0.189 e. The van der Waals surface area contributed by atoms with Gasteiger partial charge in [0, 0.05) is 24.0 Å². The van der Waals surface area contributed by atoms with E-state index < -0.39 is 0 Å². The molecule has 0 spiro atoms. The Hall–Kier alpha value is -2.76. The Balaban J connectivity index is 2.06. The highest BCUT2D eigenvalue weighted by molar-refractivity contribution is 5.96. The summed E-state index contributed by atoms with van der Waals surface area (Å²) in [4.78, 5) is 4.12. The Morgan fingerprint density at radius 2 is 2.10 bits per heavy atom. The van der Waals surface area contributed by atoms with Gasteiger partial charge < -0.3 is 21.0 Å². The molecular formula is C15H18N4O2. The summed E-state index contributed by atoms with van der Waals surface area (Å²) in [5.74, 6) is 0.834. The second-order valence-corrected chi connectivity index (χ2v) is 4.31. The number of hydrogen-bond donors (Lipinski definition) is 3. The maximum atomic E-state index is 8.77. The van der Waals surface area contributed by atoms with E-state index in [1.807, 2.05) is 43.3 Å². The molecule has 0 saturated carbocycles. The predicted molar refractivity (Wildman–Crippen MR) is 81.7 cm³/mol. The molecule has 0 aliphatic carbocycles. The summed E-state index contributed by atoms with van der Waals surface area (Å²) in [6, 6.07) is 11.4. The van der Waals surface area contributed by atoms with Gasteiger partial charge in [-0.25, -0.2) is 0 Å². The van der Waals surface area contributed by atoms with Crippen LogP contribution in [0.1, 0.15) is 18.2 Å². The number of oxime groups is 1. The van der Waals surface area contributed by atoms with Crippen LogP contribution in [-0.4, -0.2) is 22.6 Å². The second-order valence-electron chi connectivity index (χ2n) is 4.31. The lowest BCUT2D eigenvalue weighted by molar-refractivity contribution is 0.318. The van der Waals surface area contributed by atoms with Crippen molar-refractivity contribution < 1.29 is 9.94 Å². The summed E-state index contributed by atoms with van der Waals surface area (Å²) in [6.45, 7) is 3.11. The van der Waals surface area contributed by atoms with Gasteiger partial charge in [0.2, 0.25) is 0 Å².